The molecule has 1 aliphatic rings. The van der Waals surface area contributed by atoms with Gasteiger partial charge < -0.3 is 10.1 Å². The third kappa shape index (κ3) is 3.36. The van der Waals surface area contributed by atoms with E-state index in [1.165, 1.54) is 0 Å². The van der Waals surface area contributed by atoms with Crippen molar-refractivity contribution in [3.63, 3.8) is 0 Å². The monoisotopic (exact) mass is 371 g/mol. The molecule has 1 amide bonds. The van der Waals surface area contributed by atoms with Crippen LogP contribution in [0, 0.1) is 0 Å². The minimum atomic E-state index is -0.583. The van der Waals surface area contributed by atoms with Gasteiger partial charge in [0.15, 0.2) is 5.11 Å². The summed E-state index contributed by atoms with van der Waals surface area (Å²) in [5.74, 6) is -0.105. The van der Waals surface area contributed by atoms with E-state index >= 15 is 0 Å². The van der Waals surface area contributed by atoms with Crippen LogP contribution in [-0.2, 0) is 14.9 Å². The second kappa shape index (κ2) is 6.72. The maximum Gasteiger partial charge on any atom is 0.249 e. The summed E-state index contributed by atoms with van der Waals surface area (Å²) in [6, 6.07) is 7.81. The molecule has 0 spiro atoms. The Morgan fingerprint density at radius 1 is 1.43 bits per heavy atom. The first-order chi connectivity index (χ1) is 10.0. The highest BCUT2D eigenvalue weighted by atomic mass is 79.9. The van der Waals surface area contributed by atoms with Crippen LogP contribution in [0.1, 0.15) is 18.4 Å². The molecule has 114 valence electrons. The van der Waals surface area contributed by atoms with Gasteiger partial charge in [0.25, 0.3) is 0 Å². The summed E-state index contributed by atoms with van der Waals surface area (Å²) in [6.07, 6.45) is 1.41. The number of hydrazine groups is 1. The lowest BCUT2D eigenvalue weighted by molar-refractivity contribution is -0.137. The Bertz CT molecular complexity index is 547. The van der Waals surface area contributed by atoms with Gasteiger partial charge in [-0.25, -0.2) is 0 Å². The lowest BCUT2D eigenvalue weighted by Crippen LogP contribution is -2.59. The van der Waals surface area contributed by atoms with Crippen molar-refractivity contribution < 1.29 is 9.53 Å². The maximum absolute atomic E-state index is 12.6. The normalized spacial score (nSPS) is 23.9. The molecular weight excluding hydrogens is 354 g/mol. The van der Waals surface area contributed by atoms with Gasteiger partial charge in [0.1, 0.15) is 0 Å². The maximum atomic E-state index is 12.6. The summed E-state index contributed by atoms with van der Waals surface area (Å²) < 4.78 is 6.29. The van der Waals surface area contributed by atoms with E-state index in [2.05, 4.69) is 32.1 Å². The van der Waals surface area contributed by atoms with Crippen molar-refractivity contribution in [2.24, 2.45) is 0 Å². The lowest BCUT2D eigenvalue weighted by atomic mass is 9.62. The van der Waals surface area contributed by atoms with E-state index in [0.717, 1.165) is 10.0 Å². The quantitative estimate of drug-likeness (QED) is 0.556. The number of methoxy groups -OCH3 is 1. The van der Waals surface area contributed by atoms with Gasteiger partial charge in [-0.2, -0.15) is 0 Å². The number of hydrogen-bond acceptors (Lipinski definition) is 3. The van der Waals surface area contributed by atoms with Gasteiger partial charge >= 0.3 is 0 Å². The van der Waals surface area contributed by atoms with Gasteiger partial charge in [-0.05, 0) is 42.8 Å². The van der Waals surface area contributed by atoms with E-state index in [0.29, 0.717) is 18.0 Å². The Kier molecular flexibility index (Phi) is 5.18. The number of nitrogens with one attached hydrogen (secondary N) is 3. The lowest BCUT2D eigenvalue weighted by Gasteiger charge is -2.45. The molecule has 5 nitrogen and oxygen atoms in total. The van der Waals surface area contributed by atoms with E-state index in [4.69, 9.17) is 17.0 Å². The summed E-state index contributed by atoms with van der Waals surface area (Å²) in [6.45, 7) is 0. The molecule has 1 aromatic rings. The molecule has 3 N–H and O–H groups in total. The topological polar surface area (TPSA) is 62.4 Å². The van der Waals surface area contributed by atoms with Crippen molar-refractivity contribution >= 4 is 39.2 Å². The number of ether oxygens (including phenoxy) is 1. The molecule has 0 unspecified atom stereocenters. The predicted octanol–water partition coefficient (Wildman–Crippen LogP) is 1.62. The molecule has 0 heterocycles. The summed E-state index contributed by atoms with van der Waals surface area (Å²) >= 11 is 8.42. The molecule has 7 heteroatoms. The molecule has 21 heavy (non-hydrogen) atoms. The number of amides is 1. The van der Waals surface area contributed by atoms with Crippen molar-refractivity contribution in [2.45, 2.75) is 24.4 Å². The van der Waals surface area contributed by atoms with Crippen LogP contribution in [0.2, 0.25) is 0 Å². The number of hydrogen-bond donors (Lipinski definition) is 3. The zero-order valence-corrected chi connectivity index (χ0v) is 14.3. The van der Waals surface area contributed by atoms with Gasteiger partial charge in [-0.15, -0.1) is 0 Å². The van der Waals surface area contributed by atoms with Gasteiger partial charge in [-0.1, -0.05) is 28.1 Å². The van der Waals surface area contributed by atoms with Crippen LogP contribution in [0.3, 0.4) is 0 Å². The molecule has 0 aliphatic heterocycles. The SMILES string of the molecule is CNC(=S)NNC(=O)C1(c2cccc(Br)c2)CC(OC)C1. The number of carbonyl (C=O) groups is 1. The molecular formula is C14H18BrN3O2S. The van der Waals surface area contributed by atoms with Crippen LogP contribution in [0.25, 0.3) is 0 Å². The van der Waals surface area contributed by atoms with E-state index in [1.807, 2.05) is 24.3 Å². The highest BCUT2D eigenvalue weighted by molar-refractivity contribution is 9.10. The fourth-order valence-electron chi connectivity index (χ4n) is 2.52. The summed E-state index contributed by atoms with van der Waals surface area (Å²) in [4.78, 5) is 12.6. The number of halogens is 1. The average molecular weight is 372 g/mol. The van der Waals surface area contributed by atoms with Crippen molar-refractivity contribution in [3.05, 3.63) is 34.3 Å². The van der Waals surface area contributed by atoms with E-state index in [9.17, 15) is 4.79 Å². The molecule has 1 aliphatic carbocycles. The van der Waals surface area contributed by atoms with Crippen molar-refractivity contribution in [1.82, 2.24) is 16.2 Å². The molecule has 1 fully saturated rings. The predicted molar refractivity (Wildman–Crippen MR) is 88.8 cm³/mol. The van der Waals surface area contributed by atoms with Gasteiger partial charge in [-0.3, -0.25) is 15.6 Å². The van der Waals surface area contributed by atoms with Crippen LogP contribution < -0.4 is 16.2 Å². The highest BCUT2D eigenvalue weighted by Gasteiger charge is 2.51. The fourth-order valence-corrected chi connectivity index (χ4v) is 2.97. The number of rotatable bonds is 3. The summed E-state index contributed by atoms with van der Waals surface area (Å²) in [7, 11) is 3.36. The Morgan fingerprint density at radius 2 is 2.14 bits per heavy atom. The molecule has 0 saturated heterocycles. The first-order valence-electron chi connectivity index (χ1n) is 6.59. The molecule has 1 saturated carbocycles. The second-order valence-corrected chi connectivity index (χ2v) is 6.34. The Balaban J connectivity index is 2.18. The van der Waals surface area contributed by atoms with E-state index in [-0.39, 0.29) is 12.0 Å². The van der Waals surface area contributed by atoms with Crippen LogP contribution in [-0.4, -0.2) is 31.3 Å². The van der Waals surface area contributed by atoms with Crippen molar-refractivity contribution in [1.29, 1.82) is 0 Å². The van der Waals surface area contributed by atoms with Crippen LogP contribution >= 0.6 is 28.1 Å². The molecule has 1 aromatic carbocycles. The molecule has 0 radical (unpaired) electrons. The molecule has 0 atom stereocenters. The second-order valence-electron chi connectivity index (χ2n) is 5.02. The van der Waals surface area contributed by atoms with Crippen LogP contribution in [0.15, 0.2) is 28.7 Å². The Hall–Kier alpha value is -1.18. The minimum Gasteiger partial charge on any atom is -0.381 e. The Morgan fingerprint density at radius 3 is 2.71 bits per heavy atom. The van der Waals surface area contributed by atoms with Gasteiger partial charge in [0.2, 0.25) is 5.91 Å². The van der Waals surface area contributed by atoms with Gasteiger partial charge in [0.05, 0.1) is 11.5 Å². The van der Waals surface area contributed by atoms with Gasteiger partial charge in [0, 0.05) is 18.6 Å². The fraction of sp³-hybridized carbons (Fsp3) is 0.429. The Labute approximate surface area is 137 Å². The summed E-state index contributed by atoms with van der Waals surface area (Å²) in [5, 5.41) is 3.12. The molecule has 2 rings (SSSR count). The number of benzene rings is 1. The van der Waals surface area contributed by atoms with Crippen molar-refractivity contribution in [3.8, 4) is 0 Å². The summed E-state index contributed by atoms with van der Waals surface area (Å²) in [5.41, 5.74) is 5.76. The average Bonchev–Trinajstić information content (AvgIpc) is 2.44. The zero-order chi connectivity index (χ0) is 15.5. The van der Waals surface area contributed by atoms with Crippen LogP contribution in [0.4, 0.5) is 0 Å². The smallest absolute Gasteiger partial charge is 0.249 e. The van der Waals surface area contributed by atoms with Crippen LogP contribution in [0.5, 0.6) is 0 Å². The minimum absolute atomic E-state index is 0.103. The highest BCUT2D eigenvalue weighted by Crippen LogP contribution is 2.45. The first kappa shape index (κ1) is 16.2. The largest absolute Gasteiger partial charge is 0.381 e. The molecule has 0 aromatic heterocycles. The van der Waals surface area contributed by atoms with E-state index in [1.54, 1.807) is 14.2 Å². The number of carbonyl (C=O) groups excluding carboxylic acids is 1. The number of thiocarbonyl (C=S) groups is 1. The van der Waals surface area contributed by atoms with Crippen molar-refractivity contribution in [2.75, 3.05) is 14.2 Å². The third-order valence-corrected chi connectivity index (χ3v) is 4.61. The van der Waals surface area contributed by atoms with E-state index < -0.39 is 5.41 Å². The first-order valence-corrected chi connectivity index (χ1v) is 7.79. The molecule has 0 bridgehead atoms. The zero-order valence-electron chi connectivity index (χ0n) is 11.9. The third-order valence-electron chi connectivity index (χ3n) is 3.81. The standard InChI is InChI=1S/C14H18BrN3O2S/c1-16-13(21)18-17-12(19)14(7-11(8-14)20-2)9-4-3-5-10(15)6-9/h3-6,11H,7-8H2,1-2H3,(H,17,19)(H2,16,18,21).